The molecule has 0 radical (unpaired) electrons. The average molecular weight is 379 g/mol. The highest BCUT2D eigenvalue weighted by Crippen LogP contribution is 2.21. The fourth-order valence-electron chi connectivity index (χ4n) is 2.14. The number of carbonyl (C=O) groups is 1. The Labute approximate surface area is 126 Å². The Morgan fingerprint density at radius 2 is 2.22 bits per heavy atom. The molecule has 98 valence electrons. The molecule has 3 nitrogen and oxygen atoms in total. The van der Waals surface area contributed by atoms with Crippen molar-refractivity contribution in [3.05, 3.63) is 32.4 Å². The van der Waals surface area contributed by atoms with Crippen LogP contribution in [-0.2, 0) is 0 Å². The van der Waals surface area contributed by atoms with Crippen molar-refractivity contribution in [2.75, 3.05) is 13.1 Å². The average Bonchev–Trinajstić information content (AvgIpc) is 2.35. The van der Waals surface area contributed by atoms with E-state index in [1.807, 2.05) is 11.0 Å². The maximum Gasteiger partial charge on any atom is 0.254 e. The molecular weight excluding hydrogens is 363 g/mol. The number of nitrogens with one attached hydrogen (secondary N) is 1. The Balaban J connectivity index is 2.22. The smallest absolute Gasteiger partial charge is 0.254 e. The topological polar surface area (TPSA) is 32.3 Å². The van der Waals surface area contributed by atoms with Crippen LogP contribution in [0.3, 0.4) is 0 Å². The van der Waals surface area contributed by atoms with Gasteiger partial charge in [0.15, 0.2) is 0 Å². The molecule has 0 aromatic heterocycles. The van der Waals surface area contributed by atoms with Crippen molar-refractivity contribution in [2.45, 2.75) is 25.9 Å². The van der Waals surface area contributed by atoms with Gasteiger partial charge in [-0.1, -0.05) is 11.6 Å². The third-order valence-electron chi connectivity index (χ3n) is 3.46. The summed E-state index contributed by atoms with van der Waals surface area (Å²) in [5, 5.41) is 4.06. The van der Waals surface area contributed by atoms with Crippen LogP contribution in [0.1, 0.15) is 24.2 Å². The van der Waals surface area contributed by atoms with Gasteiger partial charge >= 0.3 is 0 Å². The standard InChI is InChI=1S/C13H16ClIN2O/c1-8-9(2)17(6-5-16-8)13(18)10-3-4-11(14)12(15)7-10/h3-4,7-9,16H,5-6H2,1-2H3. The normalized spacial score (nSPS) is 24.1. The van der Waals surface area contributed by atoms with Crippen LogP contribution in [0.5, 0.6) is 0 Å². The van der Waals surface area contributed by atoms with Crippen LogP contribution >= 0.6 is 34.2 Å². The molecule has 2 unspecified atom stereocenters. The summed E-state index contributed by atoms with van der Waals surface area (Å²) in [4.78, 5) is 14.4. The third kappa shape index (κ3) is 2.81. The molecule has 1 N–H and O–H groups in total. The molecule has 1 aromatic rings. The van der Waals surface area contributed by atoms with Gasteiger partial charge in [-0.2, -0.15) is 0 Å². The zero-order valence-electron chi connectivity index (χ0n) is 10.4. The molecule has 2 atom stereocenters. The Bertz CT molecular complexity index is 466. The lowest BCUT2D eigenvalue weighted by molar-refractivity contribution is 0.0603. The van der Waals surface area contributed by atoms with Crippen LogP contribution in [0.25, 0.3) is 0 Å². The number of benzene rings is 1. The second kappa shape index (κ2) is 5.75. The molecular formula is C13H16ClIN2O. The predicted molar refractivity (Wildman–Crippen MR) is 82.1 cm³/mol. The number of nitrogens with zero attached hydrogens (tertiary/aromatic N) is 1. The summed E-state index contributed by atoms with van der Waals surface area (Å²) in [5.74, 6) is 0.0884. The summed E-state index contributed by atoms with van der Waals surface area (Å²) in [5.41, 5.74) is 0.713. The molecule has 1 amide bonds. The summed E-state index contributed by atoms with van der Waals surface area (Å²) < 4.78 is 0.913. The molecule has 2 rings (SSSR count). The molecule has 0 bridgehead atoms. The molecule has 1 aliphatic heterocycles. The summed E-state index contributed by atoms with van der Waals surface area (Å²) >= 11 is 8.13. The molecule has 0 saturated carbocycles. The zero-order valence-corrected chi connectivity index (χ0v) is 13.3. The SMILES string of the molecule is CC1NCCN(C(=O)c2ccc(Cl)c(I)c2)C1C. The van der Waals surface area contributed by atoms with Crippen LogP contribution < -0.4 is 5.32 Å². The molecule has 1 aromatic carbocycles. The van der Waals surface area contributed by atoms with E-state index in [1.54, 1.807) is 12.1 Å². The van der Waals surface area contributed by atoms with Gasteiger partial charge in [-0.15, -0.1) is 0 Å². The van der Waals surface area contributed by atoms with Crippen LogP contribution in [-0.4, -0.2) is 36.0 Å². The first-order valence-corrected chi connectivity index (χ1v) is 7.46. The molecule has 5 heteroatoms. The second-order valence-corrected chi connectivity index (χ2v) is 6.18. The molecule has 1 fully saturated rings. The Hall–Kier alpha value is -0.330. The number of rotatable bonds is 1. The van der Waals surface area contributed by atoms with Crippen molar-refractivity contribution in [3.8, 4) is 0 Å². The van der Waals surface area contributed by atoms with E-state index < -0.39 is 0 Å². The summed E-state index contributed by atoms with van der Waals surface area (Å²) in [6, 6.07) is 5.97. The van der Waals surface area contributed by atoms with Crippen LogP contribution in [0.4, 0.5) is 0 Å². The van der Waals surface area contributed by atoms with Gasteiger partial charge in [-0.25, -0.2) is 0 Å². The van der Waals surface area contributed by atoms with Gasteiger partial charge < -0.3 is 10.2 Å². The van der Waals surface area contributed by atoms with Crippen LogP contribution in [0.2, 0.25) is 5.02 Å². The highest BCUT2D eigenvalue weighted by atomic mass is 127. The highest BCUT2D eigenvalue weighted by molar-refractivity contribution is 14.1. The van der Waals surface area contributed by atoms with Gasteiger partial charge in [-0.05, 0) is 54.6 Å². The van der Waals surface area contributed by atoms with Crippen molar-refractivity contribution in [1.29, 1.82) is 0 Å². The number of halogens is 2. The molecule has 1 saturated heterocycles. The quantitative estimate of drug-likeness (QED) is 0.762. The van der Waals surface area contributed by atoms with Crippen LogP contribution in [0, 0.1) is 3.57 Å². The first kappa shape index (κ1) is 14.1. The molecule has 1 heterocycles. The lowest BCUT2D eigenvalue weighted by Gasteiger charge is -2.38. The largest absolute Gasteiger partial charge is 0.333 e. The first-order chi connectivity index (χ1) is 8.50. The van der Waals surface area contributed by atoms with E-state index >= 15 is 0 Å². The molecule has 0 aliphatic carbocycles. The van der Waals surface area contributed by atoms with Crippen molar-refractivity contribution in [3.63, 3.8) is 0 Å². The van der Waals surface area contributed by atoms with Gasteiger partial charge in [0.1, 0.15) is 0 Å². The predicted octanol–water partition coefficient (Wildman–Crippen LogP) is 2.77. The number of hydrogen-bond acceptors (Lipinski definition) is 2. The van der Waals surface area contributed by atoms with Gasteiger partial charge in [0.2, 0.25) is 0 Å². The lowest BCUT2D eigenvalue weighted by atomic mass is 10.1. The van der Waals surface area contributed by atoms with E-state index in [0.29, 0.717) is 16.6 Å². The maximum atomic E-state index is 12.5. The number of hydrogen-bond donors (Lipinski definition) is 1. The Morgan fingerprint density at radius 1 is 1.50 bits per heavy atom. The number of piperazine rings is 1. The van der Waals surface area contributed by atoms with E-state index in [1.165, 1.54) is 0 Å². The Kier molecular flexibility index (Phi) is 4.50. The summed E-state index contributed by atoms with van der Waals surface area (Å²) in [6.07, 6.45) is 0. The summed E-state index contributed by atoms with van der Waals surface area (Å²) in [7, 11) is 0. The highest BCUT2D eigenvalue weighted by Gasteiger charge is 2.28. The van der Waals surface area contributed by atoms with Crippen molar-refractivity contribution >= 4 is 40.1 Å². The zero-order chi connectivity index (χ0) is 13.3. The van der Waals surface area contributed by atoms with E-state index in [4.69, 9.17) is 11.6 Å². The van der Waals surface area contributed by atoms with E-state index in [-0.39, 0.29) is 11.9 Å². The van der Waals surface area contributed by atoms with Crippen LogP contribution in [0.15, 0.2) is 18.2 Å². The minimum atomic E-state index is 0.0884. The molecule has 0 spiro atoms. The second-order valence-electron chi connectivity index (χ2n) is 4.61. The van der Waals surface area contributed by atoms with E-state index in [0.717, 1.165) is 16.7 Å². The summed E-state index contributed by atoms with van der Waals surface area (Å²) in [6.45, 7) is 5.79. The minimum Gasteiger partial charge on any atom is -0.333 e. The monoisotopic (exact) mass is 378 g/mol. The first-order valence-electron chi connectivity index (χ1n) is 6.00. The van der Waals surface area contributed by atoms with Crippen molar-refractivity contribution in [1.82, 2.24) is 10.2 Å². The van der Waals surface area contributed by atoms with E-state index in [2.05, 4.69) is 41.8 Å². The van der Waals surface area contributed by atoms with E-state index in [9.17, 15) is 4.79 Å². The van der Waals surface area contributed by atoms with Gasteiger partial charge in [0.25, 0.3) is 5.91 Å². The minimum absolute atomic E-state index is 0.0884. The fraction of sp³-hybridized carbons (Fsp3) is 0.462. The molecule has 1 aliphatic rings. The van der Waals surface area contributed by atoms with Gasteiger partial charge in [-0.3, -0.25) is 4.79 Å². The Morgan fingerprint density at radius 3 is 2.89 bits per heavy atom. The lowest BCUT2D eigenvalue weighted by Crippen LogP contribution is -2.57. The van der Waals surface area contributed by atoms with Gasteiger partial charge in [0, 0.05) is 34.3 Å². The van der Waals surface area contributed by atoms with Crippen molar-refractivity contribution in [2.24, 2.45) is 0 Å². The fourth-order valence-corrected chi connectivity index (χ4v) is 2.77. The maximum absolute atomic E-state index is 12.5. The van der Waals surface area contributed by atoms with Crippen molar-refractivity contribution < 1.29 is 4.79 Å². The third-order valence-corrected chi connectivity index (χ3v) is 5.00. The number of carbonyl (C=O) groups excluding carboxylic acids is 1. The number of amides is 1. The van der Waals surface area contributed by atoms with Gasteiger partial charge in [0.05, 0.1) is 5.02 Å². The molecule has 18 heavy (non-hydrogen) atoms.